The number of aliphatic hydroxyl groups excluding tert-OH is 4. The van der Waals surface area contributed by atoms with Crippen molar-refractivity contribution in [2.45, 2.75) is 43.0 Å². The molecule has 34 heavy (non-hydrogen) atoms. The van der Waals surface area contributed by atoms with Crippen LogP contribution < -0.4 is 11.2 Å². The van der Waals surface area contributed by atoms with Crippen molar-refractivity contribution in [1.82, 2.24) is 9.55 Å². The average molecular weight is 534 g/mol. The van der Waals surface area contributed by atoms with Crippen molar-refractivity contribution in [3.05, 3.63) is 33.1 Å². The van der Waals surface area contributed by atoms with Crippen LogP contribution in [0.4, 0.5) is 0 Å². The SMILES string of the molecule is O=C1COC(OP(=O)(O)OP(=O)(O)OCC2OC(n3ccc(=O)[nH]c3=O)C(O)C2O)C(O)C1O. The number of H-pyrrole nitrogens is 1. The highest BCUT2D eigenvalue weighted by molar-refractivity contribution is 7.61. The fourth-order valence-corrected chi connectivity index (χ4v) is 5.15. The molecule has 9 atom stereocenters. The van der Waals surface area contributed by atoms with Gasteiger partial charge in [0.15, 0.2) is 18.3 Å². The first kappa shape index (κ1) is 27.0. The Bertz CT molecular complexity index is 1120. The first-order chi connectivity index (χ1) is 15.7. The predicted octanol–water partition coefficient (Wildman–Crippen LogP) is -3.95. The minimum absolute atomic E-state index is 0.731. The molecule has 2 saturated heterocycles. The molecule has 0 radical (unpaired) electrons. The number of carbonyl (C=O) groups is 1. The van der Waals surface area contributed by atoms with E-state index in [4.69, 9.17) is 4.74 Å². The number of carbonyl (C=O) groups excluding carboxylic acids is 1. The molecule has 0 bridgehead atoms. The third-order valence-corrected chi connectivity index (χ3v) is 7.23. The lowest BCUT2D eigenvalue weighted by Gasteiger charge is -2.31. The molecule has 0 spiro atoms. The van der Waals surface area contributed by atoms with Gasteiger partial charge < -0.3 is 39.7 Å². The molecule has 9 unspecified atom stereocenters. The van der Waals surface area contributed by atoms with Crippen molar-refractivity contribution in [2.24, 2.45) is 0 Å². The maximum Gasteiger partial charge on any atom is 0.483 e. The minimum Gasteiger partial charge on any atom is -0.387 e. The third-order valence-electron chi connectivity index (χ3n) is 4.63. The number of phosphoric acid groups is 2. The van der Waals surface area contributed by atoms with Crippen molar-refractivity contribution >= 4 is 21.4 Å². The van der Waals surface area contributed by atoms with Gasteiger partial charge in [0.1, 0.15) is 37.1 Å². The fraction of sp³-hybridized carbons (Fsp3) is 0.643. The summed E-state index contributed by atoms with van der Waals surface area (Å²) in [6, 6.07) is 0.935. The minimum atomic E-state index is -5.50. The Morgan fingerprint density at radius 2 is 1.74 bits per heavy atom. The maximum atomic E-state index is 12.1. The maximum absolute atomic E-state index is 12.1. The molecule has 2 aliphatic heterocycles. The Balaban J connectivity index is 1.60. The smallest absolute Gasteiger partial charge is 0.387 e. The molecule has 1 aromatic rings. The van der Waals surface area contributed by atoms with Gasteiger partial charge in [-0.1, -0.05) is 0 Å². The van der Waals surface area contributed by atoms with E-state index in [1.54, 1.807) is 0 Å². The van der Waals surface area contributed by atoms with Crippen molar-refractivity contribution in [1.29, 1.82) is 0 Å². The Morgan fingerprint density at radius 1 is 1.06 bits per heavy atom. The van der Waals surface area contributed by atoms with Crippen LogP contribution in [0.3, 0.4) is 0 Å². The summed E-state index contributed by atoms with van der Waals surface area (Å²) in [7, 11) is -10.9. The summed E-state index contributed by atoms with van der Waals surface area (Å²) in [5.74, 6) is -0.947. The molecular weight excluding hydrogens is 514 g/mol. The molecule has 18 nitrogen and oxygen atoms in total. The molecule has 0 saturated carbocycles. The molecule has 0 aromatic carbocycles. The highest BCUT2D eigenvalue weighted by atomic mass is 31.3. The number of aliphatic hydroxyl groups is 4. The highest BCUT2D eigenvalue weighted by Gasteiger charge is 2.47. The number of phosphoric ester groups is 2. The van der Waals surface area contributed by atoms with Crippen molar-refractivity contribution < 1.29 is 67.0 Å². The topological polar surface area (TPSA) is 274 Å². The van der Waals surface area contributed by atoms with E-state index in [-0.39, 0.29) is 0 Å². The van der Waals surface area contributed by atoms with Crippen LogP contribution in [0.15, 0.2) is 21.9 Å². The van der Waals surface area contributed by atoms with Crippen LogP contribution >= 0.6 is 15.6 Å². The van der Waals surface area contributed by atoms with Crippen LogP contribution in [-0.4, -0.2) is 95.6 Å². The van der Waals surface area contributed by atoms with Crippen LogP contribution in [-0.2, 0) is 36.8 Å². The van der Waals surface area contributed by atoms with Gasteiger partial charge in [0.2, 0.25) is 0 Å². The zero-order valence-electron chi connectivity index (χ0n) is 16.7. The largest absolute Gasteiger partial charge is 0.483 e. The van der Waals surface area contributed by atoms with Crippen molar-refractivity contribution in [2.75, 3.05) is 13.2 Å². The van der Waals surface area contributed by atoms with E-state index in [0.29, 0.717) is 0 Å². The molecule has 2 aliphatic rings. The van der Waals surface area contributed by atoms with Crippen LogP contribution in [0, 0.1) is 0 Å². The number of aromatic nitrogens is 2. The van der Waals surface area contributed by atoms with E-state index in [0.717, 1.165) is 16.8 Å². The average Bonchev–Trinajstić information content (AvgIpc) is 3.00. The second-order valence-corrected chi connectivity index (χ2v) is 10.1. The number of nitrogens with one attached hydrogen (secondary N) is 1. The van der Waals surface area contributed by atoms with Gasteiger partial charge in [0.05, 0.1) is 6.61 Å². The fourth-order valence-electron chi connectivity index (χ4n) is 2.98. The Morgan fingerprint density at radius 3 is 2.38 bits per heavy atom. The summed E-state index contributed by atoms with van der Waals surface area (Å²) < 4.78 is 47.5. The zero-order valence-corrected chi connectivity index (χ0v) is 18.5. The lowest BCUT2D eigenvalue weighted by Crippen LogP contribution is -2.51. The Kier molecular flexibility index (Phi) is 8.06. The number of nitrogens with zero attached hydrogens (tertiary/aromatic N) is 1. The lowest BCUT2D eigenvalue weighted by atomic mass is 10.1. The van der Waals surface area contributed by atoms with Gasteiger partial charge in [-0.05, 0) is 0 Å². The zero-order chi connectivity index (χ0) is 25.4. The van der Waals surface area contributed by atoms with Gasteiger partial charge >= 0.3 is 21.3 Å². The molecule has 3 rings (SSSR count). The summed E-state index contributed by atoms with van der Waals surface area (Å²) in [5.41, 5.74) is -1.73. The van der Waals surface area contributed by atoms with Gasteiger partial charge in [-0.15, -0.1) is 0 Å². The van der Waals surface area contributed by atoms with E-state index in [1.807, 2.05) is 4.98 Å². The second kappa shape index (κ2) is 10.2. The first-order valence-corrected chi connectivity index (χ1v) is 12.2. The van der Waals surface area contributed by atoms with Gasteiger partial charge in [0, 0.05) is 12.3 Å². The number of aromatic amines is 1. The lowest BCUT2D eigenvalue weighted by molar-refractivity contribution is -0.209. The summed E-state index contributed by atoms with van der Waals surface area (Å²) in [6.07, 6.45) is -11.8. The van der Waals surface area contributed by atoms with Crippen LogP contribution in [0.1, 0.15) is 6.23 Å². The molecule has 20 heteroatoms. The number of hydrogen-bond acceptors (Lipinski definition) is 14. The Labute approximate surface area is 188 Å². The summed E-state index contributed by atoms with van der Waals surface area (Å²) in [5, 5.41) is 39.3. The highest BCUT2D eigenvalue weighted by Crippen LogP contribution is 2.61. The molecule has 0 amide bonds. The summed E-state index contributed by atoms with van der Waals surface area (Å²) in [4.78, 5) is 55.5. The predicted molar refractivity (Wildman–Crippen MR) is 102 cm³/mol. The number of Topliss-reactive ketones (excluding diaryl/α,β-unsaturated/α-hetero) is 1. The van der Waals surface area contributed by atoms with E-state index < -0.39 is 88.9 Å². The molecule has 0 aliphatic carbocycles. The second-order valence-electron chi connectivity index (χ2n) is 7.06. The molecular formula is C14H20N2O16P2. The van der Waals surface area contributed by atoms with E-state index in [9.17, 15) is 53.7 Å². The standard InChI is InChI=1S/C14H20N2O16P2/c17-5-3-28-13(11(22)8(5)19)31-34(26,27)32-33(24,25)29-4-6-9(20)10(21)12(30-6)16-2-1-7(18)15-14(16)23/h1-2,6,8-13,19-22H,3-4H2,(H,24,25)(H,26,27)(H,15,18,23). The molecule has 192 valence electrons. The van der Waals surface area contributed by atoms with Crippen molar-refractivity contribution in [3.63, 3.8) is 0 Å². The number of hydrogen-bond donors (Lipinski definition) is 7. The molecule has 2 fully saturated rings. The van der Waals surface area contributed by atoms with Crippen LogP contribution in [0.2, 0.25) is 0 Å². The number of rotatable bonds is 8. The Hall–Kier alpha value is -1.63. The van der Waals surface area contributed by atoms with Gasteiger partial charge in [0.25, 0.3) is 5.56 Å². The molecule has 7 N–H and O–H groups in total. The van der Waals surface area contributed by atoms with Gasteiger partial charge in [-0.25, -0.2) is 13.9 Å². The van der Waals surface area contributed by atoms with Gasteiger partial charge in [-0.3, -0.25) is 28.2 Å². The monoisotopic (exact) mass is 534 g/mol. The van der Waals surface area contributed by atoms with Crippen LogP contribution in [0.5, 0.6) is 0 Å². The van der Waals surface area contributed by atoms with E-state index >= 15 is 0 Å². The summed E-state index contributed by atoms with van der Waals surface area (Å²) in [6.45, 7) is -1.80. The quantitative estimate of drug-likeness (QED) is 0.157. The van der Waals surface area contributed by atoms with Gasteiger partial charge in [-0.2, -0.15) is 4.31 Å². The van der Waals surface area contributed by atoms with E-state index in [2.05, 4.69) is 18.1 Å². The number of ketones is 1. The molecule has 3 heterocycles. The molecule has 1 aromatic heterocycles. The number of ether oxygens (including phenoxy) is 2. The third kappa shape index (κ3) is 6.13. The summed E-state index contributed by atoms with van der Waals surface area (Å²) >= 11 is 0. The van der Waals surface area contributed by atoms with Crippen molar-refractivity contribution in [3.8, 4) is 0 Å². The van der Waals surface area contributed by atoms with E-state index in [1.165, 1.54) is 0 Å². The normalized spacial score (nSPS) is 35.6. The van der Waals surface area contributed by atoms with Crippen LogP contribution in [0.25, 0.3) is 0 Å². The first-order valence-electron chi connectivity index (χ1n) is 9.24.